The summed E-state index contributed by atoms with van der Waals surface area (Å²) < 4.78 is 0.174. The summed E-state index contributed by atoms with van der Waals surface area (Å²) in [5.41, 5.74) is 0. The number of allylic oxidation sites excluding steroid dienone is 1. The number of aliphatic carboxylic acids is 3. The van der Waals surface area contributed by atoms with Crippen LogP contribution in [0.15, 0.2) is 12.2 Å². The van der Waals surface area contributed by atoms with Crippen LogP contribution in [0, 0.1) is 17.8 Å². The van der Waals surface area contributed by atoms with Gasteiger partial charge in [0.25, 0.3) is 0 Å². The van der Waals surface area contributed by atoms with E-state index in [9.17, 15) is 29.7 Å². The van der Waals surface area contributed by atoms with Crippen molar-refractivity contribution in [3.63, 3.8) is 0 Å². The van der Waals surface area contributed by atoms with Crippen LogP contribution in [0.1, 0.15) is 59.8 Å². The number of unbranched alkanes of at least 4 members (excludes halogenated alkanes) is 3. The van der Waals surface area contributed by atoms with E-state index < -0.39 is 35.7 Å². The Balaban J connectivity index is 5.44. The van der Waals surface area contributed by atoms with E-state index in [-0.39, 0.29) is 24.1 Å². The minimum absolute atomic E-state index is 0.174. The van der Waals surface area contributed by atoms with Gasteiger partial charge in [-0.05, 0) is 33.6 Å². The van der Waals surface area contributed by atoms with E-state index in [2.05, 4.69) is 13.0 Å². The van der Waals surface area contributed by atoms with Crippen molar-refractivity contribution >= 4 is 17.9 Å². The van der Waals surface area contributed by atoms with E-state index in [4.69, 9.17) is 0 Å². The standard InChI is InChI=1S/C21H37NO6/c1-5-6-7-8-9-10-11-12-22(13-16(2)19(23)24,14-17(3)20(25)26)15-18(4)21(27)28/h9-10,16-18H,5-8,11-15H2,1-4H3,(H2-,23,24,25,26,27,28)/p+1/b10-9+. The van der Waals surface area contributed by atoms with Gasteiger partial charge in [0.05, 0.1) is 26.2 Å². The fraction of sp³-hybridized carbons (Fsp3) is 0.762. The zero-order valence-corrected chi connectivity index (χ0v) is 17.8. The molecule has 0 aromatic carbocycles. The lowest BCUT2D eigenvalue weighted by Crippen LogP contribution is -2.57. The summed E-state index contributed by atoms with van der Waals surface area (Å²) in [5, 5.41) is 28.1. The predicted octanol–water partition coefficient (Wildman–Crippen LogP) is 3.49. The average molecular weight is 401 g/mol. The van der Waals surface area contributed by atoms with E-state index >= 15 is 0 Å². The molecule has 0 saturated heterocycles. The molecule has 7 nitrogen and oxygen atoms in total. The summed E-state index contributed by atoms with van der Waals surface area (Å²) in [4.78, 5) is 34.3. The Labute approximate surface area is 168 Å². The first-order chi connectivity index (χ1) is 13.0. The number of carboxylic acids is 3. The Bertz CT molecular complexity index is 476. The van der Waals surface area contributed by atoms with Gasteiger partial charge in [-0.25, -0.2) is 0 Å². The van der Waals surface area contributed by atoms with Gasteiger partial charge in [-0.1, -0.05) is 31.9 Å². The molecule has 0 spiro atoms. The normalized spacial score (nSPS) is 17.0. The molecule has 0 aliphatic carbocycles. The third kappa shape index (κ3) is 10.4. The third-order valence-electron chi connectivity index (χ3n) is 5.16. The van der Waals surface area contributed by atoms with E-state index in [1.807, 2.05) is 6.08 Å². The van der Waals surface area contributed by atoms with Crippen LogP contribution in [0.3, 0.4) is 0 Å². The molecule has 0 amide bonds. The highest BCUT2D eigenvalue weighted by atomic mass is 16.4. The Morgan fingerprint density at radius 3 is 1.50 bits per heavy atom. The van der Waals surface area contributed by atoms with Gasteiger partial charge in [-0.3, -0.25) is 14.4 Å². The number of carbonyl (C=O) groups is 3. The van der Waals surface area contributed by atoms with Gasteiger partial charge in [0.15, 0.2) is 0 Å². The Kier molecular flexibility index (Phi) is 12.4. The maximum atomic E-state index is 11.4. The van der Waals surface area contributed by atoms with Gasteiger partial charge < -0.3 is 19.8 Å². The first-order valence-electron chi connectivity index (χ1n) is 10.2. The molecule has 3 unspecified atom stereocenters. The maximum Gasteiger partial charge on any atom is 0.311 e. The minimum atomic E-state index is -0.955. The first kappa shape index (κ1) is 26.1. The highest BCUT2D eigenvalue weighted by molar-refractivity contribution is 5.70. The van der Waals surface area contributed by atoms with Crippen LogP contribution in [0.4, 0.5) is 0 Å². The first-order valence-corrected chi connectivity index (χ1v) is 10.2. The fourth-order valence-electron chi connectivity index (χ4n) is 3.57. The number of carboxylic acid groups (broad SMARTS) is 3. The molecule has 0 rings (SSSR count). The zero-order chi connectivity index (χ0) is 21.7. The Hall–Kier alpha value is -1.89. The molecule has 162 valence electrons. The lowest BCUT2D eigenvalue weighted by atomic mass is 10.0. The monoisotopic (exact) mass is 400 g/mol. The lowest BCUT2D eigenvalue weighted by molar-refractivity contribution is -0.933. The average Bonchev–Trinajstić information content (AvgIpc) is 2.60. The molecular formula is C21H38NO6+. The number of rotatable bonds is 16. The number of nitrogens with zero attached hydrogens (tertiary/aromatic N) is 1. The van der Waals surface area contributed by atoms with Crippen LogP contribution in [-0.2, 0) is 14.4 Å². The Morgan fingerprint density at radius 2 is 1.14 bits per heavy atom. The lowest BCUT2D eigenvalue weighted by Gasteiger charge is -2.42. The second kappa shape index (κ2) is 13.3. The van der Waals surface area contributed by atoms with Crippen molar-refractivity contribution in [2.45, 2.75) is 59.8 Å². The van der Waals surface area contributed by atoms with E-state index in [0.717, 1.165) is 19.3 Å². The van der Waals surface area contributed by atoms with Gasteiger partial charge in [0.1, 0.15) is 17.8 Å². The third-order valence-corrected chi connectivity index (χ3v) is 5.16. The molecule has 0 aliphatic heterocycles. The number of hydrogen-bond donors (Lipinski definition) is 3. The molecule has 3 N–H and O–H groups in total. The van der Waals surface area contributed by atoms with E-state index in [1.54, 1.807) is 20.8 Å². The van der Waals surface area contributed by atoms with Crippen LogP contribution in [-0.4, -0.2) is 63.9 Å². The largest absolute Gasteiger partial charge is 0.481 e. The minimum Gasteiger partial charge on any atom is -0.481 e. The van der Waals surface area contributed by atoms with E-state index in [0.29, 0.717) is 13.0 Å². The van der Waals surface area contributed by atoms with Crippen molar-refractivity contribution in [2.75, 3.05) is 26.2 Å². The maximum absolute atomic E-state index is 11.4. The molecule has 0 fully saturated rings. The second-order valence-corrected chi connectivity index (χ2v) is 8.09. The quantitative estimate of drug-likeness (QED) is 0.208. The second-order valence-electron chi connectivity index (χ2n) is 8.09. The van der Waals surface area contributed by atoms with Crippen LogP contribution in [0.25, 0.3) is 0 Å². The number of quaternary nitrogens is 1. The van der Waals surface area contributed by atoms with Gasteiger partial charge in [0.2, 0.25) is 0 Å². The molecule has 0 aromatic heterocycles. The summed E-state index contributed by atoms with van der Waals surface area (Å²) in [6, 6.07) is 0. The molecule has 0 aliphatic rings. The van der Waals surface area contributed by atoms with Gasteiger partial charge in [0, 0.05) is 6.42 Å². The smallest absolute Gasteiger partial charge is 0.311 e. The predicted molar refractivity (Wildman–Crippen MR) is 108 cm³/mol. The van der Waals surface area contributed by atoms with Gasteiger partial charge in [-0.2, -0.15) is 0 Å². The molecule has 28 heavy (non-hydrogen) atoms. The van der Waals surface area contributed by atoms with Crippen LogP contribution in [0.2, 0.25) is 0 Å². The van der Waals surface area contributed by atoms with Crippen LogP contribution >= 0.6 is 0 Å². The molecule has 0 heterocycles. The number of hydrogen-bond acceptors (Lipinski definition) is 3. The van der Waals surface area contributed by atoms with Crippen LogP contribution < -0.4 is 0 Å². The van der Waals surface area contributed by atoms with Crippen molar-refractivity contribution < 1.29 is 34.2 Å². The molecule has 7 heteroatoms. The fourth-order valence-corrected chi connectivity index (χ4v) is 3.57. The van der Waals surface area contributed by atoms with Crippen molar-refractivity contribution in [1.29, 1.82) is 0 Å². The van der Waals surface area contributed by atoms with Crippen molar-refractivity contribution in [1.82, 2.24) is 0 Å². The van der Waals surface area contributed by atoms with Crippen molar-refractivity contribution in [3.8, 4) is 0 Å². The van der Waals surface area contributed by atoms with Gasteiger partial charge >= 0.3 is 17.9 Å². The van der Waals surface area contributed by atoms with Crippen molar-refractivity contribution in [3.05, 3.63) is 12.2 Å². The summed E-state index contributed by atoms with van der Waals surface area (Å²) in [5.74, 6) is -4.92. The van der Waals surface area contributed by atoms with Crippen molar-refractivity contribution in [2.24, 2.45) is 17.8 Å². The molecular weight excluding hydrogens is 362 g/mol. The van der Waals surface area contributed by atoms with Gasteiger partial charge in [-0.15, -0.1) is 0 Å². The molecule has 0 radical (unpaired) electrons. The summed E-state index contributed by atoms with van der Waals surface area (Å²) in [7, 11) is 0. The zero-order valence-electron chi connectivity index (χ0n) is 17.8. The molecule has 0 aromatic rings. The summed E-state index contributed by atoms with van der Waals surface area (Å²) >= 11 is 0. The highest BCUT2D eigenvalue weighted by Crippen LogP contribution is 2.21. The highest BCUT2D eigenvalue weighted by Gasteiger charge is 2.37. The SMILES string of the molecule is CCCCC/C=C/CC[N+](CC(C)C(=O)O)(CC(C)C(=O)O)CC(C)C(=O)O. The molecule has 0 bridgehead atoms. The Morgan fingerprint density at radius 1 is 0.750 bits per heavy atom. The van der Waals surface area contributed by atoms with Crippen LogP contribution in [0.5, 0.6) is 0 Å². The molecule has 3 atom stereocenters. The van der Waals surface area contributed by atoms with E-state index in [1.165, 1.54) is 6.42 Å². The molecule has 0 saturated carbocycles. The topological polar surface area (TPSA) is 112 Å². The summed E-state index contributed by atoms with van der Waals surface area (Å²) in [6.07, 6.45) is 9.24. The summed E-state index contributed by atoms with van der Waals surface area (Å²) in [6.45, 7) is 8.09.